The first-order valence-corrected chi connectivity index (χ1v) is 5.22. The molecule has 0 radical (unpaired) electrons. The molecule has 1 aliphatic rings. The molecule has 0 aliphatic carbocycles. The molecule has 1 aromatic rings. The third-order valence-corrected chi connectivity index (χ3v) is 2.42. The number of aliphatic imine (C=N–C) groups is 1. The Bertz CT molecular complexity index is 376. The molecular formula is C12H15ClN2O. The summed E-state index contributed by atoms with van der Waals surface area (Å²) < 4.78 is 0. The van der Waals surface area contributed by atoms with Crippen molar-refractivity contribution in [3.05, 3.63) is 35.9 Å². The second-order valence-electron chi connectivity index (χ2n) is 3.57. The van der Waals surface area contributed by atoms with E-state index in [2.05, 4.69) is 10.3 Å². The highest BCUT2D eigenvalue weighted by Gasteiger charge is 2.08. The van der Waals surface area contributed by atoms with Crippen LogP contribution in [0.5, 0.6) is 0 Å². The van der Waals surface area contributed by atoms with Crippen molar-refractivity contribution in [2.45, 2.75) is 12.8 Å². The molecule has 0 spiro atoms. The van der Waals surface area contributed by atoms with Gasteiger partial charge < -0.3 is 5.32 Å². The van der Waals surface area contributed by atoms with Crippen LogP contribution < -0.4 is 5.32 Å². The molecule has 1 heterocycles. The van der Waals surface area contributed by atoms with Gasteiger partial charge in [0, 0.05) is 18.5 Å². The molecule has 0 amide bonds. The Morgan fingerprint density at radius 3 is 2.69 bits per heavy atom. The molecule has 16 heavy (non-hydrogen) atoms. The summed E-state index contributed by atoms with van der Waals surface area (Å²) in [5, 5.41) is 3.08. The average molecular weight is 239 g/mol. The number of benzene rings is 1. The summed E-state index contributed by atoms with van der Waals surface area (Å²) in [6.07, 6.45) is 2.07. The lowest BCUT2D eigenvalue weighted by Gasteiger charge is -2.04. The van der Waals surface area contributed by atoms with Gasteiger partial charge in [0.25, 0.3) is 0 Å². The smallest absolute Gasteiger partial charge is 0.181 e. The van der Waals surface area contributed by atoms with Gasteiger partial charge in [-0.05, 0) is 6.42 Å². The number of hydrogen-bond acceptors (Lipinski definition) is 3. The van der Waals surface area contributed by atoms with Crippen molar-refractivity contribution in [2.75, 3.05) is 13.1 Å². The van der Waals surface area contributed by atoms with Crippen LogP contribution in [-0.4, -0.2) is 24.7 Å². The van der Waals surface area contributed by atoms with Gasteiger partial charge in [-0.15, -0.1) is 12.4 Å². The van der Waals surface area contributed by atoms with Gasteiger partial charge in [0.1, 0.15) is 0 Å². The predicted molar refractivity (Wildman–Crippen MR) is 67.6 cm³/mol. The topological polar surface area (TPSA) is 41.5 Å². The van der Waals surface area contributed by atoms with E-state index in [4.69, 9.17) is 0 Å². The van der Waals surface area contributed by atoms with Crippen molar-refractivity contribution in [2.24, 2.45) is 4.99 Å². The Balaban J connectivity index is 0.00000128. The largest absolute Gasteiger partial charge is 0.366 e. The number of halogens is 1. The number of rotatable bonds is 3. The fourth-order valence-corrected chi connectivity index (χ4v) is 1.59. The second-order valence-corrected chi connectivity index (χ2v) is 3.57. The predicted octanol–water partition coefficient (Wildman–Crippen LogP) is 2.07. The van der Waals surface area contributed by atoms with Gasteiger partial charge in [-0.2, -0.15) is 0 Å². The molecule has 0 aromatic heterocycles. The summed E-state index contributed by atoms with van der Waals surface area (Å²) >= 11 is 0. The zero-order valence-electron chi connectivity index (χ0n) is 8.98. The summed E-state index contributed by atoms with van der Waals surface area (Å²) in [5.41, 5.74) is 0.753. The highest BCUT2D eigenvalue weighted by molar-refractivity contribution is 5.99. The molecule has 1 N–H and O–H groups in total. The Morgan fingerprint density at radius 1 is 1.31 bits per heavy atom. The Morgan fingerprint density at radius 2 is 2.06 bits per heavy atom. The number of hydrogen-bond donors (Lipinski definition) is 1. The van der Waals surface area contributed by atoms with E-state index in [9.17, 15) is 4.79 Å². The number of carbonyl (C=O) groups is 1. The maximum Gasteiger partial charge on any atom is 0.181 e. The molecule has 0 unspecified atom stereocenters. The molecule has 0 atom stereocenters. The molecule has 0 saturated heterocycles. The minimum Gasteiger partial charge on any atom is -0.366 e. The molecular weight excluding hydrogens is 224 g/mol. The molecule has 1 aromatic carbocycles. The number of nitrogens with zero attached hydrogens (tertiary/aromatic N) is 1. The first kappa shape index (κ1) is 12.7. The van der Waals surface area contributed by atoms with Gasteiger partial charge in [0.05, 0.1) is 12.4 Å². The van der Waals surface area contributed by atoms with Gasteiger partial charge in [-0.25, -0.2) is 0 Å². The minimum atomic E-state index is 0. The standard InChI is InChI=1S/C12H14N2O.ClH/c15-11(10-5-2-1-3-6-10)9-14-12-7-4-8-13-12;/h1-3,5-6H,4,7-9H2,(H,13,14);1H. The van der Waals surface area contributed by atoms with Crippen molar-refractivity contribution >= 4 is 24.0 Å². The lowest BCUT2D eigenvalue weighted by molar-refractivity contribution is 0.0996. The lowest BCUT2D eigenvalue weighted by Crippen LogP contribution is -2.28. The number of amidine groups is 1. The van der Waals surface area contributed by atoms with Gasteiger partial charge in [0.15, 0.2) is 5.78 Å². The third kappa shape index (κ3) is 3.35. The van der Waals surface area contributed by atoms with Crippen molar-refractivity contribution < 1.29 is 4.79 Å². The fourth-order valence-electron chi connectivity index (χ4n) is 1.59. The van der Waals surface area contributed by atoms with E-state index in [0.29, 0.717) is 6.54 Å². The molecule has 0 saturated carbocycles. The number of Topliss-reactive ketones (excluding diaryl/α,β-unsaturated/α-hetero) is 1. The molecule has 0 bridgehead atoms. The molecule has 4 heteroatoms. The van der Waals surface area contributed by atoms with Crippen molar-refractivity contribution in [1.82, 2.24) is 5.32 Å². The van der Waals surface area contributed by atoms with E-state index in [1.807, 2.05) is 30.3 Å². The van der Waals surface area contributed by atoms with E-state index in [1.54, 1.807) is 0 Å². The van der Waals surface area contributed by atoms with E-state index >= 15 is 0 Å². The quantitative estimate of drug-likeness (QED) is 0.820. The zero-order valence-corrected chi connectivity index (χ0v) is 9.80. The second kappa shape index (κ2) is 6.28. The zero-order chi connectivity index (χ0) is 10.5. The Labute approximate surface area is 101 Å². The minimum absolute atomic E-state index is 0. The van der Waals surface area contributed by atoms with Gasteiger partial charge in [-0.1, -0.05) is 30.3 Å². The first-order chi connectivity index (χ1) is 7.36. The van der Waals surface area contributed by atoms with Crippen LogP contribution in [0, 0.1) is 0 Å². The number of nitrogens with one attached hydrogen (secondary N) is 1. The van der Waals surface area contributed by atoms with Crippen LogP contribution in [0.1, 0.15) is 23.2 Å². The van der Waals surface area contributed by atoms with Crippen LogP contribution in [0.25, 0.3) is 0 Å². The van der Waals surface area contributed by atoms with Crippen LogP contribution in [0.15, 0.2) is 35.3 Å². The molecule has 2 rings (SSSR count). The monoisotopic (exact) mass is 238 g/mol. The maximum absolute atomic E-state index is 11.7. The third-order valence-electron chi connectivity index (χ3n) is 2.42. The van der Waals surface area contributed by atoms with E-state index in [-0.39, 0.29) is 18.2 Å². The molecule has 3 nitrogen and oxygen atoms in total. The lowest BCUT2D eigenvalue weighted by atomic mass is 10.1. The summed E-state index contributed by atoms with van der Waals surface area (Å²) in [6.45, 7) is 1.24. The Hall–Kier alpha value is -1.35. The van der Waals surface area contributed by atoms with Crippen molar-refractivity contribution in [1.29, 1.82) is 0 Å². The highest BCUT2D eigenvalue weighted by atomic mass is 35.5. The summed E-state index contributed by atoms with van der Waals surface area (Å²) in [7, 11) is 0. The van der Waals surface area contributed by atoms with Crippen LogP contribution in [0.4, 0.5) is 0 Å². The van der Waals surface area contributed by atoms with Crippen molar-refractivity contribution in [3.8, 4) is 0 Å². The molecule has 86 valence electrons. The maximum atomic E-state index is 11.7. The summed E-state index contributed by atoms with van der Waals surface area (Å²) in [4.78, 5) is 15.9. The van der Waals surface area contributed by atoms with E-state index < -0.39 is 0 Å². The number of ketones is 1. The van der Waals surface area contributed by atoms with E-state index in [0.717, 1.165) is 30.8 Å². The SMILES string of the molecule is Cl.O=C(CNC1=NCCC1)c1ccccc1. The summed E-state index contributed by atoms with van der Waals surface area (Å²) in [5.74, 6) is 1.09. The van der Waals surface area contributed by atoms with Crippen LogP contribution in [-0.2, 0) is 0 Å². The van der Waals surface area contributed by atoms with Gasteiger partial charge in [0.2, 0.25) is 0 Å². The van der Waals surface area contributed by atoms with Crippen LogP contribution in [0.2, 0.25) is 0 Å². The normalized spacial score (nSPS) is 13.9. The van der Waals surface area contributed by atoms with Crippen molar-refractivity contribution in [3.63, 3.8) is 0 Å². The number of carbonyl (C=O) groups excluding carboxylic acids is 1. The average Bonchev–Trinajstić information content (AvgIpc) is 2.80. The fraction of sp³-hybridized carbons (Fsp3) is 0.333. The van der Waals surface area contributed by atoms with Crippen LogP contribution >= 0.6 is 12.4 Å². The van der Waals surface area contributed by atoms with E-state index in [1.165, 1.54) is 0 Å². The molecule has 0 fully saturated rings. The van der Waals surface area contributed by atoms with Gasteiger partial charge in [-0.3, -0.25) is 9.79 Å². The Kier molecular flexibility index (Phi) is 4.99. The summed E-state index contributed by atoms with van der Waals surface area (Å²) in [6, 6.07) is 9.33. The van der Waals surface area contributed by atoms with Gasteiger partial charge >= 0.3 is 0 Å². The van der Waals surface area contributed by atoms with Crippen LogP contribution in [0.3, 0.4) is 0 Å². The highest BCUT2D eigenvalue weighted by Crippen LogP contribution is 2.02. The molecule has 1 aliphatic heterocycles. The first-order valence-electron chi connectivity index (χ1n) is 5.22.